The number of benzene rings is 1. The zero-order valence-electron chi connectivity index (χ0n) is 12.2. The van der Waals surface area contributed by atoms with Gasteiger partial charge in [0.2, 0.25) is 0 Å². The first-order chi connectivity index (χ1) is 9.98. The van der Waals surface area contributed by atoms with Gasteiger partial charge in [0.15, 0.2) is 6.61 Å². The Hall–Kier alpha value is -2.08. The van der Waals surface area contributed by atoms with Gasteiger partial charge < -0.3 is 19.5 Å². The number of methoxy groups -OCH3 is 1. The van der Waals surface area contributed by atoms with Gasteiger partial charge in [0.1, 0.15) is 11.4 Å². The van der Waals surface area contributed by atoms with Crippen molar-refractivity contribution in [3.63, 3.8) is 0 Å². The highest BCUT2D eigenvalue weighted by Crippen LogP contribution is 2.37. The molecule has 6 heteroatoms. The van der Waals surface area contributed by atoms with Crippen LogP contribution in [0.4, 0.5) is 5.69 Å². The zero-order valence-corrected chi connectivity index (χ0v) is 12.2. The van der Waals surface area contributed by atoms with E-state index in [-0.39, 0.29) is 12.5 Å². The lowest BCUT2D eigenvalue weighted by molar-refractivity contribution is -0.150. The largest absolute Gasteiger partial charge is 0.482 e. The topological polar surface area (TPSA) is 76.1 Å². The summed E-state index contributed by atoms with van der Waals surface area (Å²) in [6, 6.07) is 6.72. The van der Waals surface area contributed by atoms with Crippen LogP contribution in [0.15, 0.2) is 24.3 Å². The van der Waals surface area contributed by atoms with Crippen LogP contribution in [0.2, 0.25) is 0 Å². The van der Waals surface area contributed by atoms with Crippen LogP contribution in [-0.2, 0) is 14.3 Å². The second-order valence-electron chi connectivity index (χ2n) is 5.09. The van der Waals surface area contributed by atoms with Crippen LogP contribution in [0, 0.1) is 0 Å². The normalized spacial score (nSPS) is 15.9. The van der Waals surface area contributed by atoms with Gasteiger partial charge in [-0.05, 0) is 43.5 Å². The van der Waals surface area contributed by atoms with Crippen LogP contribution in [0.5, 0.6) is 5.75 Å². The highest BCUT2D eigenvalue weighted by Gasteiger charge is 2.46. The molecule has 1 fully saturated rings. The molecular formula is C15H19NO5. The Labute approximate surface area is 123 Å². The number of hydrogen-bond acceptors (Lipinski definition) is 4. The summed E-state index contributed by atoms with van der Waals surface area (Å²) in [7, 11) is 3.27. The van der Waals surface area contributed by atoms with Crippen molar-refractivity contribution in [1.29, 1.82) is 0 Å². The summed E-state index contributed by atoms with van der Waals surface area (Å²) in [5, 5.41) is 8.55. The van der Waals surface area contributed by atoms with Crippen molar-refractivity contribution in [3.05, 3.63) is 24.3 Å². The van der Waals surface area contributed by atoms with E-state index < -0.39 is 11.6 Å². The van der Waals surface area contributed by atoms with Crippen molar-refractivity contribution in [2.24, 2.45) is 0 Å². The first-order valence-corrected chi connectivity index (χ1v) is 6.76. The maximum absolute atomic E-state index is 12.5. The first kappa shape index (κ1) is 15.3. The fourth-order valence-electron chi connectivity index (χ4n) is 2.34. The monoisotopic (exact) mass is 293 g/mol. The van der Waals surface area contributed by atoms with E-state index in [4.69, 9.17) is 14.6 Å². The van der Waals surface area contributed by atoms with Crippen LogP contribution in [0.3, 0.4) is 0 Å². The Kier molecular flexibility index (Phi) is 4.47. The van der Waals surface area contributed by atoms with Crippen molar-refractivity contribution in [3.8, 4) is 5.75 Å². The molecule has 114 valence electrons. The van der Waals surface area contributed by atoms with E-state index in [1.165, 1.54) is 0 Å². The molecule has 0 aromatic heterocycles. The first-order valence-electron chi connectivity index (χ1n) is 6.76. The maximum atomic E-state index is 12.5. The maximum Gasteiger partial charge on any atom is 0.341 e. The molecule has 21 heavy (non-hydrogen) atoms. The van der Waals surface area contributed by atoms with Gasteiger partial charge in [-0.1, -0.05) is 0 Å². The van der Waals surface area contributed by atoms with Crippen LogP contribution in [0.1, 0.15) is 19.3 Å². The van der Waals surface area contributed by atoms with E-state index in [1.54, 1.807) is 43.3 Å². The fourth-order valence-corrected chi connectivity index (χ4v) is 2.34. The van der Waals surface area contributed by atoms with Gasteiger partial charge in [0.25, 0.3) is 5.91 Å². The number of carboxylic acid groups (broad SMARTS) is 1. The summed E-state index contributed by atoms with van der Waals surface area (Å²) in [5.41, 5.74) is 0.0266. The van der Waals surface area contributed by atoms with Crippen molar-refractivity contribution in [1.82, 2.24) is 0 Å². The zero-order chi connectivity index (χ0) is 15.5. The number of amides is 1. The standard InChI is InChI=1S/C15H19NO5/c1-16(14(19)15(20-2)8-3-9-15)11-4-6-12(7-5-11)21-10-13(17)18/h4-7H,3,8-10H2,1-2H3,(H,17,18). The molecule has 0 bridgehead atoms. The van der Waals surface area contributed by atoms with Gasteiger partial charge in [-0.3, -0.25) is 4.79 Å². The third-order valence-electron chi connectivity index (χ3n) is 3.83. The minimum Gasteiger partial charge on any atom is -0.482 e. The molecule has 1 aliphatic rings. The van der Waals surface area contributed by atoms with Gasteiger partial charge >= 0.3 is 5.97 Å². The molecule has 0 heterocycles. The minimum atomic E-state index is -1.03. The summed E-state index contributed by atoms with van der Waals surface area (Å²) in [6.45, 7) is -0.388. The molecule has 1 N–H and O–H groups in total. The van der Waals surface area contributed by atoms with E-state index in [2.05, 4.69) is 0 Å². The van der Waals surface area contributed by atoms with Gasteiger partial charge in [0, 0.05) is 19.8 Å². The van der Waals surface area contributed by atoms with Crippen molar-refractivity contribution in [2.45, 2.75) is 24.9 Å². The molecule has 0 aliphatic heterocycles. The second-order valence-corrected chi connectivity index (χ2v) is 5.09. The number of hydrogen-bond donors (Lipinski definition) is 1. The van der Waals surface area contributed by atoms with Crippen LogP contribution >= 0.6 is 0 Å². The Morgan fingerprint density at radius 2 is 1.90 bits per heavy atom. The smallest absolute Gasteiger partial charge is 0.341 e. The number of carbonyl (C=O) groups is 2. The molecule has 0 atom stereocenters. The summed E-state index contributed by atoms with van der Waals surface area (Å²) >= 11 is 0. The second kappa shape index (κ2) is 6.13. The molecule has 1 aromatic carbocycles. The quantitative estimate of drug-likeness (QED) is 0.863. The van der Waals surface area contributed by atoms with Crippen molar-refractivity contribution < 1.29 is 24.2 Å². The molecule has 1 amide bonds. The molecule has 1 aliphatic carbocycles. The average Bonchev–Trinajstić information content (AvgIpc) is 2.44. The Morgan fingerprint density at radius 3 is 2.33 bits per heavy atom. The predicted octanol–water partition coefficient (Wildman–Crippen LogP) is 1.68. The highest BCUT2D eigenvalue weighted by atomic mass is 16.5. The molecule has 0 saturated heterocycles. The summed E-state index contributed by atoms with van der Waals surface area (Å²) in [6.07, 6.45) is 2.48. The molecule has 6 nitrogen and oxygen atoms in total. The molecule has 2 rings (SSSR count). The highest BCUT2D eigenvalue weighted by molar-refractivity contribution is 5.99. The Morgan fingerprint density at radius 1 is 1.29 bits per heavy atom. The predicted molar refractivity (Wildman–Crippen MR) is 76.6 cm³/mol. The lowest BCUT2D eigenvalue weighted by Gasteiger charge is -2.41. The lowest BCUT2D eigenvalue weighted by Crippen LogP contribution is -2.53. The molecule has 0 radical (unpaired) electrons. The van der Waals surface area contributed by atoms with Crippen LogP contribution < -0.4 is 9.64 Å². The number of ether oxygens (including phenoxy) is 2. The van der Waals surface area contributed by atoms with Crippen LogP contribution in [-0.4, -0.2) is 43.3 Å². The van der Waals surface area contributed by atoms with E-state index in [1.807, 2.05) is 0 Å². The third-order valence-corrected chi connectivity index (χ3v) is 3.83. The van der Waals surface area contributed by atoms with Crippen molar-refractivity contribution >= 4 is 17.6 Å². The molecule has 0 spiro atoms. The molecule has 1 saturated carbocycles. The molecule has 0 unspecified atom stereocenters. The lowest BCUT2D eigenvalue weighted by atomic mass is 9.79. The average molecular weight is 293 g/mol. The molecule has 1 aromatic rings. The van der Waals surface area contributed by atoms with E-state index in [0.29, 0.717) is 11.4 Å². The summed E-state index contributed by atoms with van der Waals surface area (Å²) in [4.78, 5) is 24.5. The SMILES string of the molecule is COC1(C(=O)N(C)c2ccc(OCC(=O)O)cc2)CCC1. The van der Waals surface area contributed by atoms with E-state index in [9.17, 15) is 9.59 Å². The van der Waals surface area contributed by atoms with E-state index >= 15 is 0 Å². The van der Waals surface area contributed by atoms with Gasteiger partial charge in [-0.15, -0.1) is 0 Å². The van der Waals surface area contributed by atoms with Crippen molar-refractivity contribution in [2.75, 3.05) is 25.7 Å². The molecular weight excluding hydrogens is 274 g/mol. The fraction of sp³-hybridized carbons (Fsp3) is 0.467. The van der Waals surface area contributed by atoms with Gasteiger partial charge in [0.05, 0.1) is 0 Å². The number of aliphatic carboxylic acids is 1. The summed E-state index contributed by atoms with van der Waals surface area (Å²) < 4.78 is 10.4. The van der Waals surface area contributed by atoms with E-state index in [0.717, 1.165) is 19.3 Å². The van der Waals surface area contributed by atoms with Gasteiger partial charge in [-0.25, -0.2) is 4.79 Å². The number of rotatable bonds is 6. The van der Waals surface area contributed by atoms with Gasteiger partial charge in [-0.2, -0.15) is 0 Å². The number of nitrogens with zero attached hydrogens (tertiary/aromatic N) is 1. The van der Waals surface area contributed by atoms with Crippen LogP contribution in [0.25, 0.3) is 0 Å². The number of carboxylic acids is 1. The number of carbonyl (C=O) groups excluding carboxylic acids is 1. The number of likely N-dealkylation sites (N-methyl/N-ethyl adjacent to an activating group) is 1. The number of anilines is 1. The third kappa shape index (κ3) is 3.16. The minimum absolute atomic E-state index is 0.0598. The Balaban J connectivity index is 2.04. The summed E-state index contributed by atoms with van der Waals surface area (Å²) in [5.74, 6) is -0.638. The Bertz CT molecular complexity index is 516.